The minimum absolute atomic E-state index is 0.637. The fourth-order valence-corrected chi connectivity index (χ4v) is 6.53. The van der Waals surface area contributed by atoms with Crippen LogP contribution in [0.4, 0.5) is 0 Å². The number of rotatable bonds is 4. The van der Waals surface area contributed by atoms with Crippen LogP contribution in [0.2, 0.25) is 0 Å². The summed E-state index contributed by atoms with van der Waals surface area (Å²) in [7, 11) is 0. The zero-order valence-corrected chi connectivity index (χ0v) is 24.5. The third-order valence-corrected chi connectivity index (χ3v) is 8.64. The molecule has 0 saturated heterocycles. The van der Waals surface area contributed by atoms with Crippen LogP contribution in [0.25, 0.3) is 83.6 Å². The molecule has 6 aromatic carbocycles. The molecule has 5 heteroatoms. The van der Waals surface area contributed by atoms with Crippen LogP contribution >= 0.6 is 0 Å². The summed E-state index contributed by atoms with van der Waals surface area (Å²) in [4.78, 5) is 14.9. The first kappa shape index (κ1) is 25.4. The van der Waals surface area contributed by atoms with Gasteiger partial charge in [-0.25, -0.2) is 15.0 Å². The molecule has 0 aliphatic rings. The first-order chi connectivity index (χ1) is 22.2. The molecule has 0 aliphatic carbocycles. The molecule has 0 N–H and O–H groups in total. The molecule has 9 rings (SSSR count). The van der Waals surface area contributed by atoms with Gasteiger partial charge in [0.2, 0.25) is 0 Å². The summed E-state index contributed by atoms with van der Waals surface area (Å²) in [6.45, 7) is 2.14. The van der Waals surface area contributed by atoms with Crippen molar-refractivity contribution in [1.82, 2.24) is 19.5 Å². The Morgan fingerprint density at radius 3 is 1.78 bits per heavy atom. The van der Waals surface area contributed by atoms with Crippen molar-refractivity contribution in [2.45, 2.75) is 6.92 Å². The molecule has 0 aliphatic heterocycles. The highest BCUT2D eigenvalue weighted by atomic mass is 16.3. The average Bonchev–Trinajstić information content (AvgIpc) is 3.63. The number of aryl methyl sites for hydroxylation is 1. The lowest BCUT2D eigenvalue weighted by atomic mass is 10.00. The van der Waals surface area contributed by atoms with E-state index in [0.717, 1.165) is 55.4 Å². The lowest BCUT2D eigenvalue weighted by Gasteiger charge is -2.10. The van der Waals surface area contributed by atoms with E-state index in [9.17, 15) is 0 Å². The summed E-state index contributed by atoms with van der Waals surface area (Å²) in [5.74, 6) is 1.93. The van der Waals surface area contributed by atoms with Crippen molar-refractivity contribution in [2.24, 2.45) is 0 Å². The van der Waals surface area contributed by atoms with Crippen molar-refractivity contribution in [2.75, 3.05) is 0 Å². The summed E-state index contributed by atoms with van der Waals surface area (Å²) in [6.07, 6.45) is 0. The number of nitrogens with zero attached hydrogens (tertiary/aromatic N) is 4. The standard InChI is InChI=1S/C40H26N4O/c1-25-29(40-42-38(26-13-5-2-6-14-26)41-39(43-40)27-15-7-3-8-16-27)21-22-35-37(25)32-23-31-30-19-11-12-20-33(30)44(28-17-9-4-10-18-28)34(31)24-36(32)45-35/h2-24H,1H3. The van der Waals surface area contributed by atoms with E-state index in [1.54, 1.807) is 0 Å². The normalized spacial score (nSPS) is 11.7. The van der Waals surface area contributed by atoms with Crippen LogP contribution in [0.3, 0.4) is 0 Å². The fourth-order valence-electron chi connectivity index (χ4n) is 6.53. The molecule has 9 aromatic rings. The van der Waals surface area contributed by atoms with Gasteiger partial charge in [0, 0.05) is 50.0 Å². The first-order valence-electron chi connectivity index (χ1n) is 15.0. The van der Waals surface area contributed by atoms with Crippen LogP contribution < -0.4 is 0 Å². The molecule has 0 spiro atoms. The van der Waals surface area contributed by atoms with E-state index < -0.39 is 0 Å². The minimum atomic E-state index is 0.637. The summed E-state index contributed by atoms with van der Waals surface area (Å²) >= 11 is 0. The van der Waals surface area contributed by atoms with E-state index in [-0.39, 0.29) is 0 Å². The molecule has 45 heavy (non-hydrogen) atoms. The van der Waals surface area contributed by atoms with Gasteiger partial charge >= 0.3 is 0 Å². The summed E-state index contributed by atoms with van der Waals surface area (Å²) in [5, 5.41) is 4.54. The van der Waals surface area contributed by atoms with E-state index in [1.807, 2.05) is 72.8 Å². The lowest BCUT2D eigenvalue weighted by Crippen LogP contribution is -2.01. The summed E-state index contributed by atoms with van der Waals surface area (Å²) < 4.78 is 8.85. The average molecular weight is 579 g/mol. The van der Waals surface area contributed by atoms with Crippen molar-refractivity contribution in [3.8, 4) is 39.9 Å². The van der Waals surface area contributed by atoms with Crippen LogP contribution in [-0.2, 0) is 0 Å². The van der Waals surface area contributed by atoms with Gasteiger partial charge in [-0.1, -0.05) is 97.1 Å². The monoisotopic (exact) mass is 578 g/mol. The van der Waals surface area contributed by atoms with Gasteiger partial charge in [0.1, 0.15) is 11.2 Å². The number of para-hydroxylation sites is 2. The van der Waals surface area contributed by atoms with Gasteiger partial charge < -0.3 is 8.98 Å². The van der Waals surface area contributed by atoms with Crippen LogP contribution in [0.1, 0.15) is 5.56 Å². The quantitative estimate of drug-likeness (QED) is 0.208. The Hall–Kier alpha value is -6.07. The number of benzene rings is 6. The third kappa shape index (κ3) is 4.05. The molecule has 0 atom stereocenters. The van der Waals surface area contributed by atoms with Crippen LogP contribution in [0.5, 0.6) is 0 Å². The third-order valence-electron chi connectivity index (χ3n) is 8.64. The Labute approximate surface area is 259 Å². The Balaban J connectivity index is 1.30. The largest absolute Gasteiger partial charge is 0.456 e. The van der Waals surface area contributed by atoms with Crippen molar-refractivity contribution in [1.29, 1.82) is 0 Å². The lowest BCUT2D eigenvalue weighted by molar-refractivity contribution is 0.669. The summed E-state index contributed by atoms with van der Waals surface area (Å²) in [5.41, 5.74) is 9.01. The molecule has 0 amide bonds. The fraction of sp³-hybridized carbons (Fsp3) is 0.0250. The zero-order chi connectivity index (χ0) is 29.9. The SMILES string of the molecule is Cc1c(-c2nc(-c3ccccc3)nc(-c3ccccc3)n2)ccc2oc3cc4c(cc3c12)c1ccccc1n4-c1ccccc1. The molecule has 3 heterocycles. The smallest absolute Gasteiger partial charge is 0.164 e. The van der Waals surface area contributed by atoms with Gasteiger partial charge in [-0.15, -0.1) is 0 Å². The number of hydrogen-bond donors (Lipinski definition) is 0. The second-order valence-electron chi connectivity index (χ2n) is 11.3. The number of fused-ring (bicyclic) bond motifs is 6. The maximum Gasteiger partial charge on any atom is 0.164 e. The Morgan fingerprint density at radius 1 is 0.489 bits per heavy atom. The second-order valence-corrected chi connectivity index (χ2v) is 11.3. The highest BCUT2D eigenvalue weighted by Crippen LogP contribution is 2.41. The van der Waals surface area contributed by atoms with E-state index in [4.69, 9.17) is 19.4 Å². The van der Waals surface area contributed by atoms with Gasteiger partial charge in [0.25, 0.3) is 0 Å². The van der Waals surface area contributed by atoms with Crippen LogP contribution in [-0.4, -0.2) is 19.5 Å². The molecular weight excluding hydrogens is 552 g/mol. The molecule has 3 aromatic heterocycles. The topological polar surface area (TPSA) is 56.7 Å². The molecule has 0 fully saturated rings. The van der Waals surface area contributed by atoms with Crippen molar-refractivity contribution in [3.05, 3.63) is 145 Å². The van der Waals surface area contributed by atoms with Crippen LogP contribution in [0, 0.1) is 6.92 Å². The molecular formula is C40H26N4O. The number of furan rings is 1. The van der Waals surface area contributed by atoms with Crippen molar-refractivity contribution >= 4 is 43.7 Å². The maximum atomic E-state index is 6.54. The second kappa shape index (κ2) is 10.00. The molecule has 0 bridgehead atoms. The Kier molecular flexibility index (Phi) is 5.65. The van der Waals surface area contributed by atoms with Crippen molar-refractivity contribution < 1.29 is 4.42 Å². The van der Waals surface area contributed by atoms with E-state index in [1.165, 1.54) is 16.3 Å². The number of hydrogen-bond acceptors (Lipinski definition) is 4. The first-order valence-corrected chi connectivity index (χ1v) is 15.0. The minimum Gasteiger partial charge on any atom is -0.456 e. The van der Waals surface area contributed by atoms with E-state index in [2.05, 4.69) is 78.2 Å². The van der Waals surface area contributed by atoms with Gasteiger partial charge in [-0.2, -0.15) is 0 Å². The van der Waals surface area contributed by atoms with Gasteiger partial charge in [0.15, 0.2) is 17.5 Å². The molecule has 0 saturated carbocycles. The molecule has 0 unspecified atom stereocenters. The number of aromatic nitrogens is 4. The van der Waals surface area contributed by atoms with Crippen LogP contribution in [0.15, 0.2) is 144 Å². The highest BCUT2D eigenvalue weighted by molar-refractivity contribution is 6.18. The van der Waals surface area contributed by atoms with E-state index in [0.29, 0.717) is 17.5 Å². The molecule has 0 radical (unpaired) electrons. The van der Waals surface area contributed by atoms with Gasteiger partial charge in [-0.05, 0) is 48.9 Å². The Morgan fingerprint density at radius 2 is 1.09 bits per heavy atom. The van der Waals surface area contributed by atoms with Gasteiger partial charge in [-0.3, -0.25) is 0 Å². The van der Waals surface area contributed by atoms with Crippen molar-refractivity contribution in [3.63, 3.8) is 0 Å². The highest BCUT2D eigenvalue weighted by Gasteiger charge is 2.20. The predicted molar refractivity (Wildman–Crippen MR) is 182 cm³/mol. The zero-order valence-electron chi connectivity index (χ0n) is 24.5. The van der Waals surface area contributed by atoms with E-state index >= 15 is 0 Å². The molecule has 5 nitrogen and oxygen atoms in total. The Bertz CT molecular complexity index is 2470. The summed E-state index contributed by atoms with van der Waals surface area (Å²) in [6, 6.07) is 47.8. The van der Waals surface area contributed by atoms with Gasteiger partial charge in [0.05, 0.1) is 11.0 Å². The molecule has 212 valence electrons. The predicted octanol–water partition coefficient (Wildman–Crippen LogP) is 10.2. The maximum absolute atomic E-state index is 6.54.